The van der Waals surface area contributed by atoms with Gasteiger partial charge in [0.2, 0.25) is 0 Å². The fraction of sp³-hybridized carbons (Fsp3) is 0.542. The summed E-state index contributed by atoms with van der Waals surface area (Å²) in [5.41, 5.74) is 1.58. The summed E-state index contributed by atoms with van der Waals surface area (Å²) in [4.78, 5) is 9.47. The summed E-state index contributed by atoms with van der Waals surface area (Å²) in [5, 5.41) is 14.3. The predicted molar refractivity (Wildman–Crippen MR) is 133 cm³/mol. The molecule has 196 valence electrons. The van der Waals surface area contributed by atoms with E-state index in [1.165, 1.54) is 0 Å². The van der Waals surface area contributed by atoms with E-state index in [9.17, 15) is 13.5 Å². The van der Waals surface area contributed by atoms with Crippen LogP contribution in [0.15, 0.2) is 24.4 Å². The van der Waals surface area contributed by atoms with Crippen LogP contribution in [0.1, 0.15) is 39.1 Å². The maximum Gasteiger partial charge on any atom is 0.264 e. The number of ether oxygens (including phenoxy) is 2. The van der Waals surface area contributed by atoms with Crippen LogP contribution in [0.4, 0.5) is 0 Å². The molecule has 36 heavy (non-hydrogen) atoms. The first kappa shape index (κ1) is 26.1. The van der Waals surface area contributed by atoms with Crippen LogP contribution < -0.4 is 9.47 Å². The zero-order valence-electron chi connectivity index (χ0n) is 21.2. The van der Waals surface area contributed by atoms with E-state index in [-0.39, 0.29) is 25.2 Å². The number of hydrogen-bond acceptors (Lipinski definition) is 9. The largest absolute Gasteiger partial charge is 0.491 e. The van der Waals surface area contributed by atoms with Crippen LogP contribution in [0, 0.1) is 12.8 Å². The van der Waals surface area contributed by atoms with Gasteiger partial charge in [-0.25, -0.2) is 14.6 Å². The molecule has 2 unspecified atom stereocenters. The lowest BCUT2D eigenvalue weighted by Gasteiger charge is -2.21. The van der Waals surface area contributed by atoms with Gasteiger partial charge < -0.3 is 19.1 Å². The van der Waals surface area contributed by atoms with Crippen molar-refractivity contribution in [2.24, 2.45) is 5.92 Å². The maximum absolute atomic E-state index is 11.2. The molecule has 0 amide bonds. The molecule has 12 heteroatoms. The molecule has 1 aromatic carbocycles. The number of rotatable bonds is 10. The molecule has 2 atom stereocenters. The van der Waals surface area contributed by atoms with E-state index in [1.54, 1.807) is 6.07 Å². The lowest BCUT2D eigenvalue weighted by atomic mass is 10.1. The summed E-state index contributed by atoms with van der Waals surface area (Å²) in [6.07, 6.45) is 2.89. The molecule has 3 aromatic rings. The smallest absolute Gasteiger partial charge is 0.264 e. The highest BCUT2D eigenvalue weighted by Gasteiger charge is 2.23. The van der Waals surface area contributed by atoms with Crippen molar-refractivity contribution < 1.29 is 27.2 Å². The molecule has 1 aliphatic heterocycles. The Hall–Kier alpha value is -2.96. The van der Waals surface area contributed by atoms with Crippen LogP contribution in [-0.2, 0) is 20.8 Å². The highest BCUT2D eigenvalue weighted by atomic mass is 32.2. The van der Waals surface area contributed by atoms with E-state index in [2.05, 4.69) is 28.5 Å². The van der Waals surface area contributed by atoms with Gasteiger partial charge >= 0.3 is 0 Å². The van der Waals surface area contributed by atoms with Gasteiger partial charge in [-0.15, -0.1) is 0 Å². The number of hydrogen-bond donors (Lipinski definition) is 1. The highest BCUT2D eigenvalue weighted by Crippen LogP contribution is 2.36. The normalized spacial score (nSPS) is 15.1. The van der Waals surface area contributed by atoms with Crippen molar-refractivity contribution in [3.05, 3.63) is 30.2 Å². The molecular formula is C24H33N5O6S. The zero-order valence-corrected chi connectivity index (χ0v) is 22.0. The molecule has 0 aliphatic carbocycles. The Morgan fingerprint density at radius 2 is 1.97 bits per heavy atom. The first-order chi connectivity index (χ1) is 17.0. The first-order valence-electron chi connectivity index (χ1n) is 11.9. The van der Waals surface area contributed by atoms with Gasteiger partial charge in [0.25, 0.3) is 10.1 Å². The van der Waals surface area contributed by atoms with Crippen molar-refractivity contribution in [1.29, 1.82) is 0 Å². The fourth-order valence-electron chi connectivity index (χ4n) is 4.12. The molecule has 4 rings (SSSR count). The minimum Gasteiger partial charge on any atom is -0.491 e. The standard InChI is InChI=1S/C24H33N5O6S/c1-15(2)29-24(25-17(4)27-29)21-12-28-8-9-33-22-11-18(6-7-20(22)23(28)26-21)35-19(13-30)10-16(3)14-34-36(5,31)32/h6-7,11-12,15-16,19,30H,8-10,13-14H2,1-5H3. The summed E-state index contributed by atoms with van der Waals surface area (Å²) < 4.78 is 43.2. The van der Waals surface area contributed by atoms with Crippen molar-refractivity contribution >= 4 is 10.1 Å². The average molecular weight is 520 g/mol. The molecule has 3 heterocycles. The van der Waals surface area contributed by atoms with E-state index >= 15 is 0 Å². The molecule has 11 nitrogen and oxygen atoms in total. The number of imidazole rings is 1. The molecular weight excluding hydrogens is 486 g/mol. The first-order valence-corrected chi connectivity index (χ1v) is 13.8. The number of aliphatic hydroxyl groups is 1. The monoisotopic (exact) mass is 519 g/mol. The molecule has 2 aromatic heterocycles. The van der Waals surface area contributed by atoms with Gasteiger partial charge in [0.05, 0.1) is 31.6 Å². The van der Waals surface area contributed by atoms with E-state index in [0.29, 0.717) is 36.9 Å². The topological polar surface area (TPSA) is 131 Å². The number of aromatic nitrogens is 5. The van der Waals surface area contributed by atoms with E-state index in [0.717, 1.165) is 29.2 Å². The molecule has 1 N–H and O–H groups in total. The van der Waals surface area contributed by atoms with Gasteiger partial charge in [-0.05, 0) is 45.2 Å². The van der Waals surface area contributed by atoms with Crippen LogP contribution in [0.25, 0.3) is 22.9 Å². The minimum absolute atomic E-state index is 0.0288. The number of nitrogens with zero attached hydrogens (tertiary/aromatic N) is 5. The van der Waals surface area contributed by atoms with Gasteiger partial charge in [0.15, 0.2) is 5.82 Å². The van der Waals surface area contributed by atoms with Crippen molar-refractivity contribution in [1.82, 2.24) is 24.3 Å². The van der Waals surface area contributed by atoms with Gasteiger partial charge in [-0.2, -0.15) is 13.5 Å². The van der Waals surface area contributed by atoms with Crippen LogP contribution >= 0.6 is 0 Å². The SMILES string of the molecule is Cc1nc(-c2cn3c(n2)-c2ccc(OC(CO)CC(C)COS(C)(=O)=O)cc2OCC3)n(C(C)C)n1. The lowest BCUT2D eigenvalue weighted by Crippen LogP contribution is -2.26. The molecule has 0 saturated carbocycles. The summed E-state index contributed by atoms with van der Waals surface area (Å²) in [6, 6.07) is 5.65. The molecule has 0 fully saturated rings. The maximum atomic E-state index is 11.2. The summed E-state index contributed by atoms with van der Waals surface area (Å²) in [5.74, 6) is 3.24. The molecule has 0 saturated heterocycles. The third-order valence-electron chi connectivity index (χ3n) is 5.75. The lowest BCUT2D eigenvalue weighted by molar-refractivity contribution is 0.0873. The Kier molecular flexibility index (Phi) is 7.67. The summed E-state index contributed by atoms with van der Waals surface area (Å²) in [7, 11) is -3.52. The van der Waals surface area contributed by atoms with Crippen LogP contribution in [0.5, 0.6) is 11.5 Å². The highest BCUT2D eigenvalue weighted by molar-refractivity contribution is 7.85. The van der Waals surface area contributed by atoms with Crippen LogP contribution in [-0.4, -0.2) is 70.0 Å². The Balaban J connectivity index is 1.54. The average Bonchev–Trinajstić information content (AvgIpc) is 3.36. The summed E-state index contributed by atoms with van der Waals surface area (Å²) in [6.45, 7) is 8.72. The molecule has 0 bridgehead atoms. The quantitative estimate of drug-likeness (QED) is 0.402. The minimum atomic E-state index is -3.52. The van der Waals surface area contributed by atoms with Gasteiger partial charge in [0.1, 0.15) is 41.6 Å². The number of benzene rings is 1. The van der Waals surface area contributed by atoms with Crippen LogP contribution in [0.2, 0.25) is 0 Å². The van der Waals surface area contributed by atoms with Gasteiger partial charge in [0, 0.05) is 18.3 Å². The Bertz CT molecular complexity index is 1320. The predicted octanol–water partition coefficient (Wildman–Crippen LogP) is 2.83. The second kappa shape index (κ2) is 10.6. The second-order valence-electron chi connectivity index (χ2n) is 9.42. The van der Waals surface area contributed by atoms with Gasteiger partial charge in [-0.3, -0.25) is 4.18 Å². The zero-order chi connectivity index (χ0) is 26.0. The van der Waals surface area contributed by atoms with Crippen molar-refractivity contribution in [2.75, 3.05) is 26.1 Å². The van der Waals surface area contributed by atoms with Crippen molar-refractivity contribution in [3.63, 3.8) is 0 Å². The number of fused-ring (bicyclic) bond motifs is 3. The third-order valence-corrected chi connectivity index (χ3v) is 6.32. The molecule has 0 spiro atoms. The summed E-state index contributed by atoms with van der Waals surface area (Å²) >= 11 is 0. The Morgan fingerprint density at radius 1 is 1.19 bits per heavy atom. The van der Waals surface area contributed by atoms with E-state index in [4.69, 9.17) is 18.6 Å². The van der Waals surface area contributed by atoms with E-state index in [1.807, 2.05) is 36.9 Å². The van der Waals surface area contributed by atoms with Crippen LogP contribution in [0.3, 0.4) is 0 Å². The second-order valence-corrected chi connectivity index (χ2v) is 11.1. The molecule has 0 radical (unpaired) electrons. The van der Waals surface area contributed by atoms with Gasteiger partial charge in [-0.1, -0.05) is 6.92 Å². The Morgan fingerprint density at radius 3 is 2.67 bits per heavy atom. The third kappa shape index (κ3) is 6.05. The molecule has 1 aliphatic rings. The fourth-order valence-corrected chi connectivity index (χ4v) is 4.60. The van der Waals surface area contributed by atoms with E-state index < -0.39 is 16.2 Å². The van der Waals surface area contributed by atoms with Crippen molar-refractivity contribution in [3.8, 4) is 34.4 Å². The Labute approximate surface area is 211 Å². The number of aryl methyl sites for hydroxylation is 1. The number of aliphatic hydroxyl groups excluding tert-OH is 1. The van der Waals surface area contributed by atoms with Crippen molar-refractivity contribution in [2.45, 2.75) is 52.8 Å².